The highest BCUT2D eigenvalue weighted by atomic mass is 32.2. The van der Waals surface area contributed by atoms with Crippen molar-refractivity contribution in [3.8, 4) is 0 Å². The van der Waals surface area contributed by atoms with Crippen LogP contribution in [0.4, 0.5) is 0 Å². The molecule has 0 aliphatic heterocycles. The average molecular weight is 199 g/mol. The van der Waals surface area contributed by atoms with Crippen molar-refractivity contribution in [1.82, 2.24) is 0 Å². The Balaban J connectivity index is 2.70. The van der Waals surface area contributed by atoms with Crippen LogP contribution in [0.2, 0.25) is 0 Å². The molecule has 3 heteroatoms. The Bertz CT molecular complexity index is 261. The van der Waals surface area contributed by atoms with E-state index >= 15 is 0 Å². The lowest BCUT2D eigenvalue weighted by molar-refractivity contribution is 0.650. The molecule has 0 unspecified atom stereocenters. The van der Waals surface area contributed by atoms with E-state index in [2.05, 4.69) is 10.5 Å². The van der Waals surface area contributed by atoms with Crippen molar-refractivity contribution in [3.05, 3.63) is 12.2 Å². The molecule has 0 amide bonds. The summed E-state index contributed by atoms with van der Waals surface area (Å²) >= 11 is 0. The van der Waals surface area contributed by atoms with Gasteiger partial charge in [-0.2, -0.15) is 4.40 Å². The Labute approximate surface area is 82.7 Å². The molecule has 0 radical (unpaired) electrons. The molecule has 0 aromatic rings. The van der Waals surface area contributed by atoms with Crippen molar-refractivity contribution in [2.45, 2.75) is 44.8 Å². The van der Waals surface area contributed by atoms with Crippen LogP contribution in [-0.4, -0.2) is 14.7 Å². The van der Waals surface area contributed by atoms with Crippen molar-refractivity contribution in [2.24, 2.45) is 4.40 Å². The molecule has 0 saturated carbocycles. The van der Waals surface area contributed by atoms with E-state index in [0.29, 0.717) is 0 Å². The Morgan fingerprint density at radius 2 is 2.15 bits per heavy atom. The summed E-state index contributed by atoms with van der Waals surface area (Å²) < 4.78 is 15.6. The Hall–Kier alpha value is -0.440. The third-order valence-corrected chi connectivity index (χ3v) is 3.29. The van der Waals surface area contributed by atoms with Gasteiger partial charge in [0.25, 0.3) is 0 Å². The van der Waals surface area contributed by atoms with Crippen LogP contribution in [0.25, 0.3) is 0 Å². The summed E-state index contributed by atoms with van der Waals surface area (Å²) in [6.07, 6.45) is 7.32. The summed E-state index contributed by atoms with van der Waals surface area (Å²) in [4.78, 5) is 0. The van der Waals surface area contributed by atoms with Crippen molar-refractivity contribution >= 4 is 16.7 Å². The largest absolute Gasteiger partial charge is 0.234 e. The van der Waals surface area contributed by atoms with Crippen LogP contribution in [-0.2, 0) is 11.0 Å². The third kappa shape index (κ3) is 3.43. The monoisotopic (exact) mass is 199 g/mol. The van der Waals surface area contributed by atoms with Gasteiger partial charge in [0.2, 0.25) is 0 Å². The summed E-state index contributed by atoms with van der Waals surface area (Å²) in [6, 6.07) is 0. The average Bonchev–Trinajstić information content (AvgIpc) is 2.04. The fourth-order valence-electron chi connectivity index (χ4n) is 1.02. The quantitative estimate of drug-likeness (QED) is 0.638. The van der Waals surface area contributed by atoms with Crippen LogP contribution < -0.4 is 0 Å². The number of nitrogens with zero attached hydrogens (tertiary/aromatic N) is 1. The van der Waals surface area contributed by atoms with Gasteiger partial charge in [0, 0.05) is 0 Å². The molecule has 0 N–H and O–H groups in total. The lowest BCUT2D eigenvalue weighted by atomic mass is 10.1. The van der Waals surface area contributed by atoms with E-state index in [4.69, 9.17) is 0 Å². The van der Waals surface area contributed by atoms with Crippen molar-refractivity contribution in [2.75, 3.05) is 0 Å². The van der Waals surface area contributed by atoms with Gasteiger partial charge in [0.05, 0.1) is 10.5 Å². The van der Waals surface area contributed by atoms with E-state index in [1.165, 1.54) is 0 Å². The van der Waals surface area contributed by atoms with Crippen LogP contribution in [0.5, 0.6) is 0 Å². The SMILES string of the molecule is CC(C)(C)[S@](=O)/N=C1/C=CCCC1. The molecule has 0 spiro atoms. The Kier molecular flexibility index (Phi) is 3.42. The maximum absolute atomic E-state index is 11.6. The predicted molar refractivity (Wildman–Crippen MR) is 58.3 cm³/mol. The van der Waals surface area contributed by atoms with E-state index in [9.17, 15) is 4.21 Å². The molecule has 74 valence electrons. The van der Waals surface area contributed by atoms with Gasteiger partial charge < -0.3 is 0 Å². The number of allylic oxidation sites excluding steroid dienone is 2. The van der Waals surface area contributed by atoms with E-state index in [1.807, 2.05) is 26.8 Å². The summed E-state index contributed by atoms with van der Waals surface area (Å²) in [7, 11) is -1.10. The highest BCUT2D eigenvalue weighted by Crippen LogP contribution is 2.15. The molecule has 0 saturated heterocycles. The zero-order valence-electron chi connectivity index (χ0n) is 8.54. The van der Waals surface area contributed by atoms with E-state index in [1.54, 1.807) is 0 Å². The first-order valence-electron chi connectivity index (χ1n) is 4.66. The van der Waals surface area contributed by atoms with Crippen LogP contribution in [0.15, 0.2) is 16.5 Å². The molecule has 1 aliphatic carbocycles. The maximum atomic E-state index is 11.6. The molecular weight excluding hydrogens is 182 g/mol. The standard InChI is InChI=1S/C10H17NOS/c1-10(2,3)13(12)11-9-7-5-4-6-8-9/h5,7H,4,6,8H2,1-3H3/b11-9-/t13-/m0/s1. The second-order valence-corrected chi connectivity index (χ2v) is 6.14. The normalized spacial score (nSPS) is 23.5. The van der Waals surface area contributed by atoms with Crippen LogP contribution in [0.1, 0.15) is 40.0 Å². The lowest BCUT2D eigenvalue weighted by Crippen LogP contribution is -2.20. The van der Waals surface area contributed by atoms with Gasteiger partial charge in [0.15, 0.2) is 0 Å². The van der Waals surface area contributed by atoms with E-state index < -0.39 is 11.0 Å². The molecule has 1 atom stereocenters. The van der Waals surface area contributed by atoms with Crippen LogP contribution in [0.3, 0.4) is 0 Å². The molecule has 0 aromatic carbocycles. The summed E-state index contributed by atoms with van der Waals surface area (Å²) in [5.74, 6) is 0. The smallest absolute Gasteiger partial charge is 0.145 e. The molecule has 1 aliphatic rings. The minimum Gasteiger partial charge on any atom is -0.234 e. The maximum Gasteiger partial charge on any atom is 0.145 e. The highest BCUT2D eigenvalue weighted by molar-refractivity contribution is 7.85. The van der Waals surface area contributed by atoms with Crippen molar-refractivity contribution < 1.29 is 4.21 Å². The van der Waals surface area contributed by atoms with Crippen LogP contribution in [0, 0.1) is 0 Å². The first-order valence-corrected chi connectivity index (χ1v) is 5.77. The second-order valence-electron chi connectivity index (χ2n) is 4.24. The van der Waals surface area contributed by atoms with Gasteiger partial charge in [-0.3, -0.25) is 0 Å². The van der Waals surface area contributed by atoms with Gasteiger partial charge in [0.1, 0.15) is 11.0 Å². The Morgan fingerprint density at radius 3 is 2.62 bits per heavy atom. The second kappa shape index (κ2) is 4.18. The molecule has 0 bridgehead atoms. The van der Waals surface area contributed by atoms with Gasteiger partial charge in [-0.1, -0.05) is 6.08 Å². The topological polar surface area (TPSA) is 29.4 Å². The Morgan fingerprint density at radius 1 is 1.46 bits per heavy atom. The number of rotatable bonds is 1. The predicted octanol–water partition coefficient (Wildman–Crippen LogP) is 2.63. The minimum absolute atomic E-state index is 0.238. The summed E-state index contributed by atoms with van der Waals surface area (Å²) in [6.45, 7) is 5.83. The van der Waals surface area contributed by atoms with Crippen molar-refractivity contribution in [3.63, 3.8) is 0 Å². The fraction of sp³-hybridized carbons (Fsp3) is 0.700. The lowest BCUT2D eigenvalue weighted by Gasteiger charge is -2.15. The van der Waals surface area contributed by atoms with Crippen molar-refractivity contribution in [1.29, 1.82) is 0 Å². The molecule has 1 rings (SSSR count). The van der Waals surface area contributed by atoms with Gasteiger partial charge in [-0.25, -0.2) is 4.21 Å². The highest BCUT2D eigenvalue weighted by Gasteiger charge is 2.19. The minimum atomic E-state index is -1.10. The first-order chi connectivity index (χ1) is 6.00. The van der Waals surface area contributed by atoms with E-state index in [-0.39, 0.29) is 4.75 Å². The van der Waals surface area contributed by atoms with Gasteiger partial charge in [-0.05, 0) is 46.1 Å². The number of hydrogen-bond donors (Lipinski definition) is 0. The summed E-state index contributed by atoms with van der Waals surface area (Å²) in [5, 5.41) is 0. The first kappa shape index (κ1) is 10.6. The molecule has 0 fully saturated rings. The van der Waals surface area contributed by atoms with Gasteiger partial charge >= 0.3 is 0 Å². The zero-order chi connectivity index (χ0) is 9.90. The molecule has 2 nitrogen and oxygen atoms in total. The zero-order valence-corrected chi connectivity index (χ0v) is 9.36. The molecular formula is C10H17NOS. The molecule has 13 heavy (non-hydrogen) atoms. The summed E-state index contributed by atoms with van der Waals surface area (Å²) in [5.41, 5.74) is 0.986. The molecule has 0 aromatic heterocycles. The van der Waals surface area contributed by atoms with E-state index in [0.717, 1.165) is 25.0 Å². The molecule has 0 heterocycles. The number of hydrogen-bond acceptors (Lipinski definition) is 1. The van der Waals surface area contributed by atoms with Crippen LogP contribution >= 0.6 is 0 Å². The fourth-order valence-corrected chi connectivity index (χ4v) is 1.66. The van der Waals surface area contributed by atoms with Gasteiger partial charge in [-0.15, -0.1) is 0 Å². The third-order valence-electron chi connectivity index (χ3n) is 1.84.